The molecule has 1 fully saturated rings. The highest BCUT2D eigenvalue weighted by Crippen LogP contribution is 2.25. The summed E-state index contributed by atoms with van der Waals surface area (Å²) in [4.78, 5) is 2.26. The second-order valence-corrected chi connectivity index (χ2v) is 5.81. The number of hydrogen-bond acceptors (Lipinski definition) is 2. The summed E-state index contributed by atoms with van der Waals surface area (Å²) in [5.41, 5.74) is 1.16. The molecule has 100 valence electrons. The summed E-state index contributed by atoms with van der Waals surface area (Å²) >= 11 is 6.16. The SMILES string of the molecule is CN(Cc1ccccc1Cl)CC1CCCCC1O. The van der Waals surface area contributed by atoms with Crippen molar-refractivity contribution in [1.29, 1.82) is 0 Å². The molecule has 0 saturated heterocycles. The molecule has 2 nitrogen and oxygen atoms in total. The molecule has 0 aliphatic heterocycles. The van der Waals surface area contributed by atoms with Gasteiger partial charge in [0.05, 0.1) is 6.10 Å². The van der Waals surface area contributed by atoms with Gasteiger partial charge in [0.1, 0.15) is 0 Å². The number of hydrogen-bond donors (Lipinski definition) is 1. The van der Waals surface area contributed by atoms with Crippen molar-refractivity contribution in [3.05, 3.63) is 34.9 Å². The van der Waals surface area contributed by atoms with Gasteiger partial charge in [-0.05, 0) is 37.4 Å². The predicted octanol–water partition coefficient (Wildman–Crippen LogP) is 3.32. The molecule has 1 N–H and O–H groups in total. The zero-order valence-corrected chi connectivity index (χ0v) is 11.7. The van der Waals surface area contributed by atoms with Crippen molar-refractivity contribution in [2.45, 2.75) is 38.3 Å². The maximum absolute atomic E-state index is 9.99. The number of nitrogens with zero attached hydrogens (tertiary/aromatic N) is 1. The van der Waals surface area contributed by atoms with Crippen molar-refractivity contribution in [2.24, 2.45) is 5.92 Å². The highest BCUT2D eigenvalue weighted by Gasteiger charge is 2.24. The van der Waals surface area contributed by atoms with Crippen LogP contribution in [0.2, 0.25) is 5.02 Å². The molecule has 1 aliphatic rings. The van der Waals surface area contributed by atoms with E-state index >= 15 is 0 Å². The van der Waals surface area contributed by atoms with Gasteiger partial charge in [-0.25, -0.2) is 0 Å². The van der Waals surface area contributed by atoms with Crippen LogP contribution in [-0.2, 0) is 6.54 Å². The third-order valence-electron chi connectivity index (χ3n) is 3.81. The molecule has 18 heavy (non-hydrogen) atoms. The van der Waals surface area contributed by atoms with Gasteiger partial charge in [-0.2, -0.15) is 0 Å². The minimum Gasteiger partial charge on any atom is -0.393 e. The largest absolute Gasteiger partial charge is 0.393 e. The molecule has 1 aliphatic carbocycles. The third-order valence-corrected chi connectivity index (χ3v) is 4.18. The van der Waals surface area contributed by atoms with E-state index in [9.17, 15) is 5.11 Å². The summed E-state index contributed by atoms with van der Waals surface area (Å²) in [6.07, 6.45) is 4.42. The van der Waals surface area contributed by atoms with Gasteiger partial charge < -0.3 is 10.0 Å². The van der Waals surface area contributed by atoms with Gasteiger partial charge in [0.15, 0.2) is 0 Å². The van der Waals surface area contributed by atoms with Crippen LogP contribution in [0.4, 0.5) is 0 Å². The molecule has 0 spiro atoms. The Morgan fingerprint density at radius 1 is 1.28 bits per heavy atom. The maximum atomic E-state index is 9.99. The fraction of sp³-hybridized carbons (Fsp3) is 0.600. The lowest BCUT2D eigenvalue weighted by molar-refractivity contribution is 0.0502. The first-order valence-corrected chi connectivity index (χ1v) is 7.14. The van der Waals surface area contributed by atoms with E-state index in [1.807, 2.05) is 18.2 Å². The normalized spacial score (nSPS) is 24.4. The molecular weight excluding hydrogens is 246 g/mol. The van der Waals surface area contributed by atoms with E-state index in [2.05, 4.69) is 18.0 Å². The van der Waals surface area contributed by atoms with Gasteiger partial charge in [-0.3, -0.25) is 0 Å². The van der Waals surface area contributed by atoms with Crippen molar-refractivity contribution in [3.63, 3.8) is 0 Å². The summed E-state index contributed by atoms with van der Waals surface area (Å²) < 4.78 is 0. The van der Waals surface area contributed by atoms with Gasteiger partial charge in [0.25, 0.3) is 0 Å². The monoisotopic (exact) mass is 267 g/mol. The Morgan fingerprint density at radius 2 is 2.00 bits per heavy atom. The van der Waals surface area contributed by atoms with E-state index in [-0.39, 0.29) is 6.10 Å². The van der Waals surface area contributed by atoms with Crippen LogP contribution in [0.15, 0.2) is 24.3 Å². The molecule has 1 aromatic carbocycles. The molecule has 0 bridgehead atoms. The molecule has 3 heteroatoms. The molecule has 2 atom stereocenters. The molecular formula is C15H22ClNO. The Hall–Kier alpha value is -0.570. The molecule has 2 unspecified atom stereocenters. The number of aliphatic hydroxyl groups excluding tert-OH is 1. The Balaban J connectivity index is 1.88. The second kappa shape index (κ2) is 6.55. The van der Waals surface area contributed by atoms with Crippen LogP contribution < -0.4 is 0 Å². The van der Waals surface area contributed by atoms with E-state index in [1.165, 1.54) is 12.8 Å². The van der Waals surface area contributed by atoms with Crippen LogP contribution >= 0.6 is 11.6 Å². The van der Waals surface area contributed by atoms with Crippen molar-refractivity contribution in [3.8, 4) is 0 Å². The van der Waals surface area contributed by atoms with Crippen LogP contribution in [-0.4, -0.2) is 29.7 Å². The Bertz CT molecular complexity index is 383. The maximum Gasteiger partial charge on any atom is 0.0580 e. The Morgan fingerprint density at radius 3 is 2.72 bits per heavy atom. The quantitative estimate of drug-likeness (QED) is 0.905. The van der Waals surface area contributed by atoms with E-state index in [1.54, 1.807) is 0 Å². The van der Waals surface area contributed by atoms with E-state index in [0.29, 0.717) is 5.92 Å². The van der Waals surface area contributed by atoms with Crippen LogP contribution in [0.1, 0.15) is 31.2 Å². The second-order valence-electron chi connectivity index (χ2n) is 5.40. The lowest BCUT2D eigenvalue weighted by Crippen LogP contribution is -2.34. The summed E-state index contributed by atoms with van der Waals surface area (Å²) in [6.45, 7) is 1.80. The van der Waals surface area contributed by atoms with E-state index in [4.69, 9.17) is 11.6 Å². The topological polar surface area (TPSA) is 23.5 Å². The summed E-state index contributed by atoms with van der Waals surface area (Å²) in [7, 11) is 2.10. The van der Waals surface area contributed by atoms with Gasteiger partial charge in [-0.1, -0.05) is 42.6 Å². The van der Waals surface area contributed by atoms with Crippen LogP contribution in [0.5, 0.6) is 0 Å². The van der Waals surface area contributed by atoms with Crippen LogP contribution in [0.3, 0.4) is 0 Å². The first-order chi connectivity index (χ1) is 8.66. The standard InChI is InChI=1S/C15H22ClNO/c1-17(10-12-6-2-4-8-14(12)16)11-13-7-3-5-9-15(13)18/h2,4,6,8,13,15,18H,3,5,7,9-11H2,1H3. The lowest BCUT2D eigenvalue weighted by atomic mass is 9.86. The number of halogens is 1. The predicted molar refractivity (Wildman–Crippen MR) is 75.8 cm³/mol. The number of aliphatic hydroxyl groups is 1. The van der Waals surface area contributed by atoms with E-state index < -0.39 is 0 Å². The van der Waals surface area contributed by atoms with Crippen molar-refractivity contribution in [1.82, 2.24) is 4.90 Å². The fourth-order valence-corrected chi connectivity index (χ4v) is 2.98. The molecule has 0 radical (unpaired) electrons. The first-order valence-electron chi connectivity index (χ1n) is 6.77. The smallest absolute Gasteiger partial charge is 0.0580 e. The van der Waals surface area contributed by atoms with Gasteiger partial charge in [0, 0.05) is 18.1 Å². The van der Waals surface area contributed by atoms with E-state index in [0.717, 1.165) is 36.5 Å². The Kier molecular flexibility index (Phi) is 5.04. The van der Waals surface area contributed by atoms with Crippen molar-refractivity contribution < 1.29 is 5.11 Å². The summed E-state index contributed by atoms with van der Waals surface area (Å²) in [6, 6.07) is 7.97. The molecule has 0 amide bonds. The van der Waals surface area contributed by atoms with Gasteiger partial charge >= 0.3 is 0 Å². The summed E-state index contributed by atoms with van der Waals surface area (Å²) in [5.74, 6) is 0.422. The molecule has 0 aromatic heterocycles. The Labute approximate surface area is 115 Å². The third kappa shape index (κ3) is 3.71. The fourth-order valence-electron chi connectivity index (χ4n) is 2.78. The molecule has 1 aromatic rings. The van der Waals surface area contributed by atoms with Crippen molar-refractivity contribution in [2.75, 3.05) is 13.6 Å². The first kappa shape index (κ1) is 13.9. The lowest BCUT2D eigenvalue weighted by Gasteiger charge is -2.31. The highest BCUT2D eigenvalue weighted by molar-refractivity contribution is 6.31. The molecule has 1 saturated carbocycles. The summed E-state index contributed by atoms with van der Waals surface area (Å²) in [5, 5.41) is 10.8. The average Bonchev–Trinajstić information content (AvgIpc) is 2.35. The minimum absolute atomic E-state index is 0.118. The zero-order valence-electron chi connectivity index (χ0n) is 11.0. The number of rotatable bonds is 4. The van der Waals surface area contributed by atoms with Crippen LogP contribution in [0.25, 0.3) is 0 Å². The highest BCUT2D eigenvalue weighted by atomic mass is 35.5. The number of benzene rings is 1. The van der Waals surface area contributed by atoms with Crippen molar-refractivity contribution >= 4 is 11.6 Å². The minimum atomic E-state index is -0.118. The average molecular weight is 268 g/mol. The van der Waals surface area contributed by atoms with Gasteiger partial charge in [0.2, 0.25) is 0 Å². The van der Waals surface area contributed by atoms with Crippen LogP contribution in [0, 0.1) is 5.92 Å². The zero-order chi connectivity index (χ0) is 13.0. The van der Waals surface area contributed by atoms with Gasteiger partial charge in [-0.15, -0.1) is 0 Å². The molecule has 2 rings (SSSR count). The molecule has 0 heterocycles.